The summed E-state index contributed by atoms with van der Waals surface area (Å²) in [5.41, 5.74) is 3.23. The number of aromatic nitrogens is 1. The van der Waals surface area contributed by atoms with Crippen molar-refractivity contribution in [3.63, 3.8) is 0 Å². The van der Waals surface area contributed by atoms with Crippen molar-refractivity contribution in [1.82, 2.24) is 4.98 Å². The highest BCUT2D eigenvalue weighted by Gasteiger charge is 2.21. The first-order chi connectivity index (χ1) is 14.9. The van der Waals surface area contributed by atoms with Crippen LogP contribution in [0.1, 0.15) is 0 Å². The van der Waals surface area contributed by atoms with Crippen molar-refractivity contribution in [2.45, 2.75) is 4.90 Å². The van der Waals surface area contributed by atoms with Gasteiger partial charge in [-0.1, -0.05) is 41.9 Å². The van der Waals surface area contributed by atoms with Gasteiger partial charge < -0.3 is 9.47 Å². The van der Waals surface area contributed by atoms with Gasteiger partial charge in [-0.25, -0.2) is 18.5 Å². The van der Waals surface area contributed by atoms with Crippen molar-refractivity contribution < 1.29 is 17.9 Å². The van der Waals surface area contributed by atoms with Crippen LogP contribution in [0.15, 0.2) is 71.6 Å². The molecule has 3 aromatic carbocycles. The zero-order valence-corrected chi connectivity index (χ0v) is 18.3. The molecule has 0 atom stereocenters. The van der Waals surface area contributed by atoms with Crippen LogP contribution in [-0.2, 0) is 10.0 Å². The van der Waals surface area contributed by atoms with E-state index in [9.17, 15) is 8.42 Å². The molecule has 31 heavy (non-hydrogen) atoms. The van der Waals surface area contributed by atoms with E-state index < -0.39 is 10.0 Å². The molecule has 2 heterocycles. The summed E-state index contributed by atoms with van der Waals surface area (Å²) in [7, 11) is -3.77. The molecule has 0 fully saturated rings. The topological polar surface area (TPSA) is 91.5 Å². The zero-order valence-electron chi connectivity index (χ0n) is 15.9. The molecule has 1 aliphatic rings. The summed E-state index contributed by atoms with van der Waals surface area (Å²) in [6, 6.07) is 19.6. The first kappa shape index (κ1) is 20.0. The summed E-state index contributed by atoms with van der Waals surface area (Å²) in [6.07, 6.45) is 0. The van der Waals surface area contributed by atoms with E-state index in [2.05, 4.69) is 0 Å². The minimum atomic E-state index is -3.77. The summed E-state index contributed by atoms with van der Waals surface area (Å²) >= 11 is 7.88. The van der Waals surface area contributed by atoms with Crippen molar-refractivity contribution in [3.05, 3.63) is 71.8 Å². The van der Waals surface area contributed by atoms with Crippen LogP contribution in [0.2, 0.25) is 5.02 Å². The van der Waals surface area contributed by atoms with Crippen LogP contribution < -0.4 is 14.6 Å². The first-order valence-electron chi connectivity index (χ1n) is 9.19. The fraction of sp³-hybridized carbons (Fsp3) is 0.0455. The molecule has 5 rings (SSSR count). The van der Waals surface area contributed by atoms with Crippen LogP contribution in [0.4, 0.5) is 0 Å². The third kappa shape index (κ3) is 3.79. The fourth-order valence-electron chi connectivity index (χ4n) is 3.30. The standard InChI is InChI=1S/C22H15ClN2O4S2/c23-17-4-2-1-3-16(17)22-25-20(14-7-10-18-19(11-14)29-12-28-18)21(30-22)13-5-8-15(9-6-13)31(24,26)27/h1-11H,12H2,(H2,24,26,27). The molecule has 9 heteroatoms. The highest BCUT2D eigenvalue weighted by Crippen LogP contribution is 2.44. The van der Waals surface area contributed by atoms with Crippen LogP contribution in [0.3, 0.4) is 0 Å². The highest BCUT2D eigenvalue weighted by atomic mass is 35.5. The molecule has 0 saturated heterocycles. The van der Waals surface area contributed by atoms with Crippen molar-refractivity contribution in [3.8, 4) is 43.8 Å². The second kappa shape index (κ2) is 7.65. The number of halogens is 1. The monoisotopic (exact) mass is 470 g/mol. The molecule has 0 amide bonds. The largest absolute Gasteiger partial charge is 0.454 e. The zero-order chi connectivity index (χ0) is 21.6. The molecule has 0 radical (unpaired) electrons. The van der Waals surface area contributed by atoms with Gasteiger partial charge >= 0.3 is 0 Å². The maximum atomic E-state index is 11.6. The smallest absolute Gasteiger partial charge is 0.238 e. The molecule has 2 N–H and O–H groups in total. The van der Waals surface area contributed by atoms with Crippen molar-refractivity contribution >= 4 is 33.0 Å². The minimum absolute atomic E-state index is 0.0525. The van der Waals surface area contributed by atoms with Gasteiger partial charge in [-0.05, 0) is 42.0 Å². The number of nitrogens with two attached hydrogens (primary N) is 1. The average molecular weight is 471 g/mol. The predicted molar refractivity (Wildman–Crippen MR) is 121 cm³/mol. The molecule has 0 aliphatic carbocycles. The van der Waals surface area contributed by atoms with Crippen LogP contribution in [0, 0.1) is 0 Å². The number of thiazole rings is 1. The molecular formula is C22H15ClN2O4S2. The predicted octanol–water partition coefficient (Wildman–Crippen LogP) is 5.17. The normalized spacial score (nSPS) is 12.8. The van der Waals surface area contributed by atoms with Crippen LogP contribution in [-0.4, -0.2) is 20.2 Å². The molecular weight excluding hydrogens is 456 g/mol. The summed E-state index contributed by atoms with van der Waals surface area (Å²) in [5.74, 6) is 1.34. The van der Waals surface area contributed by atoms with E-state index >= 15 is 0 Å². The molecule has 156 valence electrons. The number of hydrogen-bond donors (Lipinski definition) is 1. The number of rotatable bonds is 4. The van der Waals surface area contributed by atoms with Gasteiger partial charge in [0.05, 0.1) is 20.5 Å². The SMILES string of the molecule is NS(=O)(=O)c1ccc(-c2sc(-c3ccccc3Cl)nc2-c2ccc3c(c2)OCO3)cc1. The van der Waals surface area contributed by atoms with E-state index in [1.54, 1.807) is 12.1 Å². The summed E-state index contributed by atoms with van der Waals surface area (Å²) in [5, 5.41) is 6.59. The second-order valence-corrected chi connectivity index (χ2v) is 9.78. The van der Waals surface area contributed by atoms with E-state index in [4.69, 9.17) is 31.2 Å². The van der Waals surface area contributed by atoms with Gasteiger partial charge in [-0.15, -0.1) is 11.3 Å². The average Bonchev–Trinajstić information content (AvgIpc) is 3.40. The number of fused-ring (bicyclic) bond motifs is 1. The Morgan fingerprint density at radius 1 is 0.935 bits per heavy atom. The lowest BCUT2D eigenvalue weighted by Crippen LogP contribution is -2.11. The van der Waals surface area contributed by atoms with Gasteiger partial charge in [-0.3, -0.25) is 0 Å². The Balaban J connectivity index is 1.68. The number of hydrogen-bond acceptors (Lipinski definition) is 6. The molecule has 0 bridgehead atoms. The van der Waals surface area contributed by atoms with E-state index in [0.717, 1.165) is 32.3 Å². The minimum Gasteiger partial charge on any atom is -0.454 e. The lowest BCUT2D eigenvalue weighted by atomic mass is 10.1. The molecule has 0 unspecified atom stereocenters. The van der Waals surface area contributed by atoms with Gasteiger partial charge in [0.15, 0.2) is 11.5 Å². The maximum Gasteiger partial charge on any atom is 0.238 e. The van der Waals surface area contributed by atoms with Gasteiger partial charge in [0.25, 0.3) is 0 Å². The summed E-state index contributed by atoms with van der Waals surface area (Å²) < 4.78 is 34.2. The van der Waals surface area contributed by atoms with Crippen LogP contribution >= 0.6 is 22.9 Å². The van der Waals surface area contributed by atoms with E-state index in [1.165, 1.54) is 23.5 Å². The third-order valence-electron chi connectivity index (χ3n) is 4.82. The number of nitrogens with zero attached hydrogens (tertiary/aromatic N) is 1. The Hall–Kier alpha value is -2.91. The third-order valence-corrected chi connectivity index (χ3v) is 7.22. The number of primary sulfonamides is 1. The van der Waals surface area contributed by atoms with Gasteiger partial charge in [0.2, 0.25) is 16.8 Å². The van der Waals surface area contributed by atoms with Crippen LogP contribution in [0.25, 0.3) is 32.3 Å². The Morgan fingerprint density at radius 3 is 2.39 bits per heavy atom. The molecule has 1 aromatic heterocycles. The molecule has 6 nitrogen and oxygen atoms in total. The molecule has 0 spiro atoms. The van der Waals surface area contributed by atoms with Crippen molar-refractivity contribution in [2.75, 3.05) is 6.79 Å². The molecule has 4 aromatic rings. The number of sulfonamides is 1. The maximum absolute atomic E-state index is 11.6. The van der Waals surface area contributed by atoms with E-state index in [-0.39, 0.29) is 11.7 Å². The van der Waals surface area contributed by atoms with Gasteiger partial charge in [0.1, 0.15) is 5.01 Å². The fourth-order valence-corrected chi connectivity index (χ4v) is 5.23. The Kier molecular flexibility index (Phi) is 4.94. The Morgan fingerprint density at radius 2 is 1.65 bits per heavy atom. The molecule has 1 aliphatic heterocycles. The second-order valence-electron chi connectivity index (χ2n) is 6.81. The first-order valence-corrected chi connectivity index (χ1v) is 11.9. The lowest BCUT2D eigenvalue weighted by Gasteiger charge is -2.05. The molecule has 0 saturated carbocycles. The Bertz CT molecular complexity index is 1400. The Labute approximate surface area is 187 Å². The lowest BCUT2D eigenvalue weighted by molar-refractivity contribution is 0.174. The van der Waals surface area contributed by atoms with E-state index in [1.807, 2.05) is 42.5 Å². The van der Waals surface area contributed by atoms with Gasteiger partial charge in [0, 0.05) is 11.1 Å². The van der Waals surface area contributed by atoms with Crippen LogP contribution in [0.5, 0.6) is 11.5 Å². The number of benzene rings is 3. The number of ether oxygens (including phenoxy) is 2. The van der Waals surface area contributed by atoms with Crippen molar-refractivity contribution in [2.24, 2.45) is 5.14 Å². The van der Waals surface area contributed by atoms with Crippen molar-refractivity contribution in [1.29, 1.82) is 0 Å². The highest BCUT2D eigenvalue weighted by molar-refractivity contribution is 7.89. The summed E-state index contributed by atoms with van der Waals surface area (Å²) in [4.78, 5) is 5.80. The quantitative estimate of drug-likeness (QED) is 0.444. The summed E-state index contributed by atoms with van der Waals surface area (Å²) in [6.45, 7) is 0.183. The van der Waals surface area contributed by atoms with Gasteiger partial charge in [-0.2, -0.15) is 0 Å². The van der Waals surface area contributed by atoms with E-state index in [0.29, 0.717) is 16.5 Å².